The Labute approximate surface area is 181 Å². The second-order valence-corrected chi connectivity index (χ2v) is 6.74. The number of nitrogens with zero attached hydrogens (tertiary/aromatic N) is 1. The highest BCUT2D eigenvalue weighted by molar-refractivity contribution is 6.39. The number of carboxylic acids is 1. The summed E-state index contributed by atoms with van der Waals surface area (Å²) in [6, 6.07) is 14.6. The number of carbonyl (C=O) groups is 4. The van der Waals surface area contributed by atoms with Crippen LogP contribution in [0.25, 0.3) is 17.4 Å². The predicted octanol–water partition coefficient (Wildman–Crippen LogP) is 3.32. The molecular formula is C23H16N2O7. The topological polar surface area (TPSA) is 126 Å². The van der Waals surface area contributed by atoms with Crippen molar-refractivity contribution in [3.63, 3.8) is 0 Å². The van der Waals surface area contributed by atoms with Crippen molar-refractivity contribution in [3.8, 4) is 17.1 Å². The summed E-state index contributed by atoms with van der Waals surface area (Å²) in [6.07, 6.45) is 1.25. The van der Waals surface area contributed by atoms with Crippen molar-refractivity contribution in [2.24, 2.45) is 0 Å². The van der Waals surface area contributed by atoms with Gasteiger partial charge in [0.05, 0.1) is 18.4 Å². The van der Waals surface area contributed by atoms with Crippen LogP contribution in [-0.2, 0) is 9.59 Å². The molecule has 0 aliphatic carbocycles. The van der Waals surface area contributed by atoms with Gasteiger partial charge in [-0.3, -0.25) is 14.9 Å². The van der Waals surface area contributed by atoms with E-state index in [1.54, 1.807) is 36.4 Å². The number of methoxy groups -OCH3 is 1. The maximum absolute atomic E-state index is 12.9. The number of aromatic carboxylic acids is 1. The van der Waals surface area contributed by atoms with Crippen LogP contribution in [0.5, 0.6) is 5.75 Å². The van der Waals surface area contributed by atoms with Gasteiger partial charge in [-0.2, -0.15) is 0 Å². The minimum Gasteiger partial charge on any atom is -0.497 e. The number of imide groups is 2. The predicted molar refractivity (Wildman–Crippen MR) is 113 cm³/mol. The molecule has 1 aliphatic rings. The Morgan fingerprint density at radius 2 is 1.69 bits per heavy atom. The van der Waals surface area contributed by atoms with Gasteiger partial charge in [0.15, 0.2) is 0 Å². The van der Waals surface area contributed by atoms with E-state index in [0.29, 0.717) is 17.1 Å². The molecule has 32 heavy (non-hydrogen) atoms. The molecule has 0 saturated carbocycles. The molecule has 3 aromatic rings. The Morgan fingerprint density at radius 1 is 1.00 bits per heavy atom. The van der Waals surface area contributed by atoms with Crippen LogP contribution in [0.1, 0.15) is 16.1 Å². The molecule has 4 rings (SSSR count). The third-order valence-electron chi connectivity index (χ3n) is 4.76. The molecule has 160 valence electrons. The Bertz CT molecular complexity index is 1250. The minimum absolute atomic E-state index is 0.135. The Kier molecular flexibility index (Phi) is 5.30. The zero-order valence-corrected chi connectivity index (χ0v) is 16.7. The zero-order chi connectivity index (χ0) is 22.8. The fourth-order valence-electron chi connectivity index (χ4n) is 3.13. The summed E-state index contributed by atoms with van der Waals surface area (Å²) in [5.74, 6) is -1.50. The minimum atomic E-state index is -1.04. The van der Waals surface area contributed by atoms with E-state index in [9.17, 15) is 19.2 Å². The van der Waals surface area contributed by atoms with Crippen LogP contribution in [0, 0.1) is 0 Å². The normalized spacial score (nSPS) is 15.1. The highest BCUT2D eigenvalue weighted by Gasteiger charge is 2.37. The lowest BCUT2D eigenvalue weighted by atomic mass is 10.1. The number of barbiturate groups is 1. The molecule has 1 saturated heterocycles. The van der Waals surface area contributed by atoms with Gasteiger partial charge in [0.25, 0.3) is 11.8 Å². The van der Waals surface area contributed by atoms with Gasteiger partial charge >= 0.3 is 12.0 Å². The van der Waals surface area contributed by atoms with E-state index in [4.69, 9.17) is 14.3 Å². The highest BCUT2D eigenvalue weighted by atomic mass is 16.5. The molecule has 0 radical (unpaired) electrons. The van der Waals surface area contributed by atoms with Gasteiger partial charge in [0, 0.05) is 5.56 Å². The van der Waals surface area contributed by atoms with Crippen LogP contribution in [-0.4, -0.2) is 36.0 Å². The second-order valence-electron chi connectivity index (χ2n) is 6.74. The molecule has 2 heterocycles. The number of carbonyl (C=O) groups excluding carboxylic acids is 3. The number of anilines is 1. The third-order valence-corrected chi connectivity index (χ3v) is 4.76. The maximum Gasteiger partial charge on any atom is 0.335 e. The first-order valence-electron chi connectivity index (χ1n) is 9.36. The van der Waals surface area contributed by atoms with E-state index in [-0.39, 0.29) is 22.6 Å². The molecule has 1 aromatic heterocycles. The summed E-state index contributed by atoms with van der Waals surface area (Å²) in [5, 5.41) is 11.1. The van der Waals surface area contributed by atoms with Crippen LogP contribution >= 0.6 is 0 Å². The summed E-state index contributed by atoms with van der Waals surface area (Å²) < 4.78 is 10.8. The summed E-state index contributed by atoms with van der Waals surface area (Å²) in [6.45, 7) is 0. The summed E-state index contributed by atoms with van der Waals surface area (Å²) in [4.78, 5) is 49.4. The van der Waals surface area contributed by atoms with Crippen LogP contribution in [0.4, 0.5) is 10.5 Å². The maximum atomic E-state index is 12.9. The van der Waals surface area contributed by atoms with Gasteiger partial charge < -0.3 is 14.3 Å². The van der Waals surface area contributed by atoms with Crippen molar-refractivity contribution < 1.29 is 33.4 Å². The molecule has 4 amide bonds. The molecular weight excluding hydrogens is 416 g/mol. The highest BCUT2D eigenvalue weighted by Crippen LogP contribution is 2.27. The van der Waals surface area contributed by atoms with E-state index in [2.05, 4.69) is 5.32 Å². The number of hydrogen-bond acceptors (Lipinski definition) is 6. The number of rotatable bonds is 5. The van der Waals surface area contributed by atoms with E-state index < -0.39 is 23.8 Å². The lowest BCUT2D eigenvalue weighted by Crippen LogP contribution is -2.54. The second kappa shape index (κ2) is 8.23. The third kappa shape index (κ3) is 3.86. The average Bonchev–Trinajstić information content (AvgIpc) is 3.26. The molecule has 2 N–H and O–H groups in total. The van der Waals surface area contributed by atoms with Gasteiger partial charge in [-0.15, -0.1) is 0 Å². The largest absolute Gasteiger partial charge is 0.497 e. The number of benzene rings is 2. The van der Waals surface area contributed by atoms with Crippen molar-refractivity contribution in [2.75, 3.05) is 12.0 Å². The van der Waals surface area contributed by atoms with Crippen LogP contribution in [0.2, 0.25) is 0 Å². The van der Waals surface area contributed by atoms with Crippen molar-refractivity contribution in [1.29, 1.82) is 0 Å². The molecule has 9 heteroatoms. The number of ether oxygens (including phenoxy) is 1. The van der Waals surface area contributed by atoms with Gasteiger partial charge in [-0.1, -0.05) is 12.1 Å². The van der Waals surface area contributed by atoms with Gasteiger partial charge in [0.2, 0.25) is 0 Å². The Balaban J connectivity index is 1.62. The van der Waals surface area contributed by atoms with E-state index >= 15 is 0 Å². The van der Waals surface area contributed by atoms with Crippen LogP contribution in [0.15, 0.2) is 70.7 Å². The average molecular weight is 432 g/mol. The SMILES string of the molecule is COc1ccc(N2C(=O)NC(=O)/C(=C\c3ccc(-c4ccc(C(=O)O)cc4)o3)C2=O)cc1. The summed E-state index contributed by atoms with van der Waals surface area (Å²) in [7, 11) is 1.49. The Hall–Kier alpha value is -4.66. The van der Waals surface area contributed by atoms with Crippen molar-refractivity contribution in [2.45, 2.75) is 0 Å². The van der Waals surface area contributed by atoms with Crippen LogP contribution in [0.3, 0.4) is 0 Å². The van der Waals surface area contributed by atoms with Gasteiger partial charge in [0.1, 0.15) is 22.8 Å². The quantitative estimate of drug-likeness (QED) is 0.468. The number of carboxylic acid groups (broad SMARTS) is 1. The lowest BCUT2D eigenvalue weighted by Gasteiger charge is -2.26. The van der Waals surface area contributed by atoms with Crippen molar-refractivity contribution in [3.05, 3.63) is 77.6 Å². The van der Waals surface area contributed by atoms with Crippen molar-refractivity contribution >= 4 is 35.6 Å². The first kappa shape index (κ1) is 20.6. The number of amides is 4. The van der Waals surface area contributed by atoms with Crippen molar-refractivity contribution in [1.82, 2.24) is 5.32 Å². The molecule has 0 spiro atoms. The first-order chi connectivity index (χ1) is 15.4. The number of furan rings is 1. The summed E-state index contributed by atoms with van der Waals surface area (Å²) in [5.41, 5.74) is 0.748. The molecule has 2 aromatic carbocycles. The Morgan fingerprint density at radius 3 is 2.31 bits per heavy atom. The number of hydrogen-bond donors (Lipinski definition) is 2. The van der Waals surface area contributed by atoms with Gasteiger partial charge in [-0.05, 0) is 54.6 Å². The lowest BCUT2D eigenvalue weighted by molar-refractivity contribution is -0.122. The fraction of sp³-hybridized carbons (Fsp3) is 0.0435. The number of urea groups is 1. The molecule has 0 atom stereocenters. The molecule has 9 nitrogen and oxygen atoms in total. The van der Waals surface area contributed by atoms with E-state index in [1.165, 1.54) is 37.5 Å². The van der Waals surface area contributed by atoms with Crippen LogP contribution < -0.4 is 15.0 Å². The molecule has 1 aliphatic heterocycles. The molecule has 1 fully saturated rings. The number of nitrogens with one attached hydrogen (secondary N) is 1. The zero-order valence-electron chi connectivity index (χ0n) is 16.7. The van der Waals surface area contributed by atoms with E-state index in [1.807, 2.05) is 0 Å². The fourth-order valence-corrected chi connectivity index (χ4v) is 3.13. The smallest absolute Gasteiger partial charge is 0.335 e. The van der Waals surface area contributed by atoms with E-state index in [0.717, 1.165) is 4.90 Å². The standard InChI is InChI=1S/C23H16N2O7/c1-31-16-8-6-15(7-9-16)25-21(27)18(20(26)24-23(25)30)12-17-10-11-19(32-17)13-2-4-14(5-3-13)22(28)29/h2-12H,1H3,(H,28,29)(H,24,26,30)/b18-12+. The molecule has 0 unspecified atom stereocenters. The van der Waals surface area contributed by atoms with Gasteiger partial charge in [-0.25, -0.2) is 14.5 Å². The first-order valence-corrected chi connectivity index (χ1v) is 9.36. The monoisotopic (exact) mass is 432 g/mol. The molecule has 0 bridgehead atoms. The summed E-state index contributed by atoms with van der Waals surface area (Å²) >= 11 is 0.